The number of aliphatic hydroxyl groups is 1. The highest BCUT2D eigenvalue weighted by Crippen LogP contribution is 2.12. The summed E-state index contributed by atoms with van der Waals surface area (Å²) in [6.07, 6.45) is 3.88. The van der Waals surface area contributed by atoms with Gasteiger partial charge in [0.15, 0.2) is 0 Å². The molecule has 0 spiro atoms. The van der Waals surface area contributed by atoms with Crippen LogP contribution in [0.25, 0.3) is 0 Å². The minimum Gasteiger partial charge on any atom is -0.490 e. The SMILES string of the molecule is C/C=C/COc1cccc(CO)c1. The Kier molecular flexibility index (Phi) is 4.06. The van der Waals surface area contributed by atoms with Crippen molar-refractivity contribution < 1.29 is 9.84 Å². The fourth-order valence-corrected chi connectivity index (χ4v) is 0.974. The molecular formula is C11H14O2. The Morgan fingerprint density at radius 1 is 1.46 bits per heavy atom. The van der Waals surface area contributed by atoms with Crippen molar-refractivity contribution in [2.45, 2.75) is 13.5 Å². The Morgan fingerprint density at radius 2 is 2.31 bits per heavy atom. The lowest BCUT2D eigenvalue weighted by Gasteiger charge is -2.03. The summed E-state index contributed by atoms with van der Waals surface area (Å²) in [5, 5.41) is 8.86. The average Bonchev–Trinajstić information content (AvgIpc) is 2.19. The normalized spacial score (nSPS) is 10.6. The maximum Gasteiger partial charge on any atom is 0.120 e. The summed E-state index contributed by atoms with van der Waals surface area (Å²) >= 11 is 0. The third-order valence-corrected chi connectivity index (χ3v) is 1.66. The van der Waals surface area contributed by atoms with Crippen LogP contribution in [0.3, 0.4) is 0 Å². The Bertz CT molecular complexity index is 279. The summed E-state index contributed by atoms with van der Waals surface area (Å²) in [5.74, 6) is 0.796. The smallest absolute Gasteiger partial charge is 0.120 e. The zero-order valence-corrected chi connectivity index (χ0v) is 7.73. The van der Waals surface area contributed by atoms with E-state index in [1.54, 1.807) is 0 Å². The molecule has 0 saturated heterocycles. The summed E-state index contributed by atoms with van der Waals surface area (Å²) in [4.78, 5) is 0. The molecule has 0 bridgehead atoms. The number of hydrogen-bond donors (Lipinski definition) is 1. The fraction of sp³-hybridized carbons (Fsp3) is 0.273. The van der Waals surface area contributed by atoms with Crippen LogP contribution in [0.1, 0.15) is 12.5 Å². The van der Waals surface area contributed by atoms with E-state index in [4.69, 9.17) is 9.84 Å². The lowest BCUT2D eigenvalue weighted by atomic mass is 10.2. The molecule has 0 unspecified atom stereocenters. The Labute approximate surface area is 78.5 Å². The van der Waals surface area contributed by atoms with Gasteiger partial charge in [0.25, 0.3) is 0 Å². The second kappa shape index (κ2) is 5.38. The molecule has 0 aromatic heterocycles. The quantitative estimate of drug-likeness (QED) is 0.716. The van der Waals surface area contributed by atoms with Gasteiger partial charge in [-0.2, -0.15) is 0 Å². The lowest BCUT2D eigenvalue weighted by Crippen LogP contribution is -1.93. The molecule has 0 aliphatic rings. The summed E-state index contributed by atoms with van der Waals surface area (Å²) in [7, 11) is 0. The zero-order valence-electron chi connectivity index (χ0n) is 7.73. The summed E-state index contributed by atoms with van der Waals surface area (Å²) < 4.78 is 5.39. The van der Waals surface area contributed by atoms with E-state index < -0.39 is 0 Å². The second-order valence-electron chi connectivity index (χ2n) is 2.69. The van der Waals surface area contributed by atoms with Crippen LogP contribution in [0.4, 0.5) is 0 Å². The Hall–Kier alpha value is -1.28. The summed E-state index contributed by atoms with van der Waals surface area (Å²) in [5.41, 5.74) is 0.873. The van der Waals surface area contributed by atoms with E-state index in [0.29, 0.717) is 6.61 Å². The molecule has 0 fully saturated rings. The molecule has 0 aliphatic heterocycles. The minimum atomic E-state index is 0.0564. The van der Waals surface area contributed by atoms with Gasteiger partial charge in [-0.3, -0.25) is 0 Å². The van der Waals surface area contributed by atoms with Crippen LogP contribution in [0.15, 0.2) is 36.4 Å². The number of allylic oxidation sites excluding steroid dienone is 1. The van der Waals surface area contributed by atoms with Crippen molar-refractivity contribution in [2.24, 2.45) is 0 Å². The fourth-order valence-electron chi connectivity index (χ4n) is 0.974. The molecule has 2 heteroatoms. The van der Waals surface area contributed by atoms with Crippen LogP contribution in [0.2, 0.25) is 0 Å². The average molecular weight is 178 g/mol. The van der Waals surface area contributed by atoms with Crippen molar-refractivity contribution in [1.29, 1.82) is 0 Å². The van der Waals surface area contributed by atoms with Gasteiger partial charge in [-0.05, 0) is 24.6 Å². The first kappa shape index (κ1) is 9.81. The third-order valence-electron chi connectivity index (χ3n) is 1.66. The molecule has 0 aliphatic carbocycles. The highest BCUT2D eigenvalue weighted by Gasteiger charge is 1.93. The predicted molar refractivity (Wildman–Crippen MR) is 52.7 cm³/mol. The number of rotatable bonds is 4. The van der Waals surface area contributed by atoms with Gasteiger partial charge in [0, 0.05) is 0 Å². The van der Waals surface area contributed by atoms with E-state index in [9.17, 15) is 0 Å². The molecule has 1 rings (SSSR count). The van der Waals surface area contributed by atoms with Crippen LogP contribution in [-0.4, -0.2) is 11.7 Å². The third kappa shape index (κ3) is 3.30. The highest BCUT2D eigenvalue weighted by atomic mass is 16.5. The van der Waals surface area contributed by atoms with Gasteiger partial charge in [0.2, 0.25) is 0 Å². The Morgan fingerprint density at radius 3 is 3.00 bits per heavy atom. The molecular weight excluding hydrogens is 164 g/mol. The first-order chi connectivity index (χ1) is 6.36. The van der Waals surface area contributed by atoms with Gasteiger partial charge >= 0.3 is 0 Å². The van der Waals surface area contributed by atoms with Crippen molar-refractivity contribution in [3.8, 4) is 5.75 Å². The number of hydrogen-bond acceptors (Lipinski definition) is 2. The van der Waals surface area contributed by atoms with Crippen LogP contribution >= 0.6 is 0 Å². The first-order valence-corrected chi connectivity index (χ1v) is 4.30. The van der Waals surface area contributed by atoms with Crippen molar-refractivity contribution >= 4 is 0 Å². The number of aliphatic hydroxyl groups excluding tert-OH is 1. The monoisotopic (exact) mass is 178 g/mol. The van der Waals surface area contributed by atoms with Gasteiger partial charge < -0.3 is 9.84 Å². The van der Waals surface area contributed by atoms with Crippen molar-refractivity contribution in [1.82, 2.24) is 0 Å². The van der Waals surface area contributed by atoms with Crippen molar-refractivity contribution in [2.75, 3.05) is 6.61 Å². The number of benzene rings is 1. The highest BCUT2D eigenvalue weighted by molar-refractivity contribution is 5.28. The first-order valence-electron chi connectivity index (χ1n) is 4.30. The molecule has 1 aromatic carbocycles. The molecule has 2 nitrogen and oxygen atoms in total. The maximum atomic E-state index is 8.86. The standard InChI is InChI=1S/C11H14O2/c1-2-3-7-13-11-6-4-5-10(8-11)9-12/h2-6,8,12H,7,9H2,1H3/b3-2+. The number of ether oxygens (including phenoxy) is 1. The Balaban J connectivity index is 2.56. The van der Waals surface area contributed by atoms with Crippen molar-refractivity contribution in [3.05, 3.63) is 42.0 Å². The molecule has 0 atom stereocenters. The van der Waals surface area contributed by atoms with Crippen LogP contribution < -0.4 is 4.74 Å². The summed E-state index contributed by atoms with van der Waals surface area (Å²) in [6.45, 7) is 2.58. The molecule has 13 heavy (non-hydrogen) atoms. The molecule has 0 saturated carbocycles. The minimum absolute atomic E-state index is 0.0564. The van der Waals surface area contributed by atoms with Gasteiger partial charge in [-0.25, -0.2) is 0 Å². The molecule has 0 heterocycles. The molecule has 70 valence electrons. The predicted octanol–water partition coefficient (Wildman–Crippen LogP) is 2.13. The maximum absolute atomic E-state index is 8.86. The molecule has 1 aromatic rings. The molecule has 1 N–H and O–H groups in total. The second-order valence-corrected chi connectivity index (χ2v) is 2.69. The van der Waals surface area contributed by atoms with Gasteiger partial charge in [0.1, 0.15) is 12.4 Å². The van der Waals surface area contributed by atoms with Gasteiger partial charge in [-0.1, -0.05) is 24.3 Å². The van der Waals surface area contributed by atoms with E-state index in [0.717, 1.165) is 11.3 Å². The van der Waals surface area contributed by atoms with Gasteiger partial charge in [-0.15, -0.1) is 0 Å². The van der Waals surface area contributed by atoms with E-state index >= 15 is 0 Å². The van der Waals surface area contributed by atoms with Crippen molar-refractivity contribution in [3.63, 3.8) is 0 Å². The molecule has 0 amide bonds. The van der Waals surface area contributed by atoms with Crippen LogP contribution in [0, 0.1) is 0 Å². The van der Waals surface area contributed by atoms with Gasteiger partial charge in [0.05, 0.1) is 6.61 Å². The molecule has 0 radical (unpaired) electrons. The van der Waals surface area contributed by atoms with Crippen LogP contribution in [-0.2, 0) is 6.61 Å². The largest absolute Gasteiger partial charge is 0.490 e. The van der Waals surface area contributed by atoms with E-state index in [2.05, 4.69) is 0 Å². The van der Waals surface area contributed by atoms with Crippen LogP contribution in [0.5, 0.6) is 5.75 Å². The van der Waals surface area contributed by atoms with E-state index in [1.165, 1.54) is 0 Å². The zero-order chi connectivity index (χ0) is 9.52. The summed E-state index contributed by atoms with van der Waals surface area (Å²) in [6, 6.07) is 7.45. The van der Waals surface area contributed by atoms with E-state index in [1.807, 2.05) is 43.3 Å². The lowest BCUT2D eigenvalue weighted by molar-refractivity contribution is 0.280. The van der Waals surface area contributed by atoms with E-state index in [-0.39, 0.29) is 6.61 Å². The topological polar surface area (TPSA) is 29.5 Å².